The Morgan fingerprint density at radius 1 is 0.235 bits per heavy atom. The van der Waals surface area contributed by atoms with E-state index in [0.29, 0.717) is 19.3 Å². The molecule has 0 N–H and O–H groups in total. The highest BCUT2D eigenvalue weighted by Gasteiger charge is 2.20. The van der Waals surface area contributed by atoms with E-state index in [1.165, 1.54) is 327 Å². The molecule has 0 spiro atoms. The number of carbonyl (C=O) groups is 3. The first-order valence-electron chi connectivity index (χ1n) is 37.2. The quantitative estimate of drug-likeness (QED) is 0.0261. The van der Waals surface area contributed by atoms with E-state index in [2.05, 4.69) is 32.9 Å². The van der Waals surface area contributed by atoms with Crippen molar-refractivity contribution in [1.29, 1.82) is 0 Å². The minimum Gasteiger partial charge on any atom is -0.462 e. The Morgan fingerprint density at radius 3 is 0.617 bits per heavy atom. The lowest BCUT2D eigenvalue weighted by Crippen LogP contribution is -2.30. The molecule has 0 aromatic heterocycles. The summed E-state index contributed by atoms with van der Waals surface area (Å²) in [6, 6.07) is 0. The Hall–Kier alpha value is -1.85. The van der Waals surface area contributed by atoms with Crippen LogP contribution in [0.2, 0.25) is 0 Å². The predicted octanol–water partition coefficient (Wildman–Crippen LogP) is 25.6. The van der Waals surface area contributed by atoms with E-state index in [4.69, 9.17) is 14.2 Å². The van der Waals surface area contributed by atoms with E-state index in [1.54, 1.807) is 0 Å². The predicted molar refractivity (Wildman–Crippen MR) is 353 cm³/mol. The summed E-state index contributed by atoms with van der Waals surface area (Å²) >= 11 is 0. The third-order valence-corrected chi connectivity index (χ3v) is 17.3. The fourth-order valence-corrected chi connectivity index (χ4v) is 11.7. The Balaban J connectivity index is 3.84. The number of rotatable bonds is 70. The zero-order valence-electron chi connectivity index (χ0n) is 55.4. The lowest BCUT2D eigenvalue weighted by atomic mass is 10.0. The van der Waals surface area contributed by atoms with Gasteiger partial charge < -0.3 is 14.2 Å². The number of unbranched alkanes of at least 4 members (excludes halogenated alkanes) is 57. The van der Waals surface area contributed by atoms with Gasteiger partial charge in [0, 0.05) is 19.3 Å². The average Bonchev–Trinajstić information content (AvgIpc) is 3.47. The molecule has 81 heavy (non-hydrogen) atoms. The second-order valence-corrected chi connectivity index (χ2v) is 25.6. The van der Waals surface area contributed by atoms with Gasteiger partial charge in [0.15, 0.2) is 6.10 Å². The molecule has 0 radical (unpaired) electrons. The fourth-order valence-electron chi connectivity index (χ4n) is 11.7. The summed E-state index contributed by atoms with van der Waals surface area (Å²) in [6.07, 6.45) is 86.2. The molecule has 0 rings (SSSR count). The molecule has 480 valence electrons. The molecule has 1 atom stereocenters. The van der Waals surface area contributed by atoms with Gasteiger partial charge in [0.1, 0.15) is 13.2 Å². The second-order valence-electron chi connectivity index (χ2n) is 25.6. The van der Waals surface area contributed by atoms with Crippen molar-refractivity contribution in [3.8, 4) is 0 Å². The van der Waals surface area contributed by atoms with Crippen LogP contribution < -0.4 is 0 Å². The van der Waals surface area contributed by atoms with Crippen LogP contribution in [0.15, 0.2) is 12.2 Å². The number of ether oxygens (including phenoxy) is 3. The highest BCUT2D eigenvalue weighted by molar-refractivity contribution is 5.71. The summed E-state index contributed by atoms with van der Waals surface area (Å²) in [6.45, 7) is 6.64. The largest absolute Gasteiger partial charge is 0.462 e. The van der Waals surface area contributed by atoms with E-state index in [0.717, 1.165) is 64.2 Å². The summed E-state index contributed by atoms with van der Waals surface area (Å²) in [5.74, 6) is -0.850. The summed E-state index contributed by atoms with van der Waals surface area (Å²) in [5.41, 5.74) is 0. The van der Waals surface area contributed by atoms with Crippen molar-refractivity contribution in [3.63, 3.8) is 0 Å². The number of allylic oxidation sites excluding steroid dienone is 2. The minimum absolute atomic E-state index is 0.0650. The van der Waals surface area contributed by atoms with Crippen LogP contribution in [0.3, 0.4) is 0 Å². The third kappa shape index (κ3) is 68.8. The second kappa shape index (κ2) is 70.6. The third-order valence-electron chi connectivity index (χ3n) is 17.3. The number of carbonyl (C=O) groups excluding carboxylic acids is 3. The normalized spacial score (nSPS) is 12.0. The van der Waals surface area contributed by atoms with Crippen LogP contribution in [0, 0.1) is 0 Å². The van der Waals surface area contributed by atoms with E-state index in [9.17, 15) is 14.4 Å². The van der Waals surface area contributed by atoms with Crippen molar-refractivity contribution >= 4 is 17.9 Å². The van der Waals surface area contributed by atoms with Crippen LogP contribution in [0.4, 0.5) is 0 Å². The average molecular weight is 1140 g/mol. The molecule has 6 nitrogen and oxygen atoms in total. The summed E-state index contributed by atoms with van der Waals surface area (Å²) in [4.78, 5) is 38.0. The Labute approximate surface area is 507 Å². The monoisotopic (exact) mass is 1140 g/mol. The number of hydrogen-bond donors (Lipinski definition) is 0. The summed E-state index contributed by atoms with van der Waals surface area (Å²) < 4.78 is 16.8. The van der Waals surface area contributed by atoms with Crippen molar-refractivity contribution in [2.75, 3.05) is 13.2 Å². The van der Waals surface area contributed by atoms with Gasteiger partial charge in [-0.3, -0.25) is 14.4 Å². The van der Waals surface area contributed by atoms with Gasteiger partial charge >= 0.3 is 17.9 Å². The summed E-state index contributed by atoms with van der Waals surface area (Å²) in [5, 5.41) is 0. The molecule has 0 fully saturated rings. The number of hydrogen-bond acceptors (Lipinski definition) is 6. The molecule has 0 aromatic carbocycles. The van der Waals surface area contributed by atoms with E-state index in [1.807, 2.05) is 0 Å². The topological polar surface area (TPSA) is 78.9 Å². The van der Waals surface area contributed by atoms with Gasteiger partial charge in [-0.15, -0.1) is 0 Å². The van der Waals surface area contributed by atoms with Gasteiger partial charge in [-0.1, -0.05) is 380 Å². The van der Waals surface area contributed by atoms with Gasteiger partial charge in [-0.25, -0.2) is 0 Å². The zero-order chi connectivity index (χ0) is 58.5. The molecule has 0 heterocycles. The maximum Gasteiger partial charge on any atom is 0.306 e. The molecule has 0 aliphatic carbocycles. The van der Waals surface area contributed by atoms with Crippen molar-refractivity contribution in [2.24, 2.45) is 0 Å². The number of esters is 3. The van der Waals surface area contributed by atoms with Crippen molar-refractivity contribution in [1.82, 2.24) is 0 Å². The highest BCUT2D eigenvalue weighted by Crippen LogP contribution is 2.20. The van der Waals surface area contributed by atoms with Gasteiger partial charge in [0.25, 0.3) is 0 Å². The lowest BCUT2D eigenvalue weighted by Gasteiger charge is -2.18. The first-order chi connectivity index (χ1) is 40.0. The Morgan fingerprint density at radius 2 is 0.407 bits per heavy atom. The molecule has 0 amide bonds. The fraction of sp³-hybridized carbons (Fsp3) is 0.933. The molecule has 0 saturated carbocycles. The highest BCUT2D eigenvalue weighted by atomic mass is 16.6. The molecular formula is C75H144O6. The van der Waals surface area contributed by atoms with Crippen molar-refractivity contribution in [3.05, 3.63) is 12.2 Å². The van der Waals surface area contributed by atoms with Crippen LogP contribution in [-0.4, -0.2) is 37.2 Å². The molecule has 0 bridgehead atoms. The molecule has 0 saturated heterocycles. The van der Waals surface area contributed by atoms with Crippen LogP contribution in [0.25, 0.3) is 0 Å². The standard InChI is InChI=1S/C75H144O6/c1-4-7-10-13-15-17-19-21-23-25-27-29-31-32-33-34-35-36-37-38-39-40-41-42-44-45-47-49-51-53-55-57-59-62-65-68-74(77)80-71-72(70-79-73(76)67-64-61-12-9-6-3)81-75(78)69-66-63-60-58-56-54-52-50-48-46-43-30-28-26-24-22-20-18-16-14-11-8-5-2/h26,28,72H,4-25,27,29-71H2,1-3H3/b28-26-. The molecule has 1 unspecified atom stereocenters. The van der Waals surface area contributed by atoms with Crippen LogP contribution >= 0.6 is 0 Å². The molecule has 0 aliphatic rings. The van der Waals surface area contributed by atoms with E-state index < -0.39 is 6.10 Å². The van der Waals surface area contributed by atoms with Gasteiger partial charge in [0.2, 0.25) is 0 Å². The minimum atomic E-state index is -0.764. The summed E-state index contributed by atoms with van der Waals surface area (Å²) in [7, 11) is 0. The Bertz CT molecular complexity index is 1260. The van der Waals surface area contributed by atoms with E-state index in [-0.39, 0.29) is 31.1 Å². The molecular weight excluding hydrogens is 997 g/mol. The van der Waals surface area contributed by atoms with Crippen molar-refractivity contribution in [2.45, 2.75) is 438 Å². The SMILES string of the molecule is CCCCCCCCCC/C=C\CCCCCCCCCCCCCC(=O)OC(COC(=O)CCCCCCC)COC(=O)CCCCCCCCCCCCCCCCCCCCCCCCCCCCCCCCCCCCC. The molecule has 0 aromatic rings. The molecule has 6 heteroatoms. The van der Waals surface area contributed by atoms with Crippen LogP contribution in [0.5, 0.6) is 0 Å². The van der Waals surface area contributed by atoms with E-state index >= 15 is 0 Å². The van der Waals surface area contributed by atoms with Gasteiger partial charge in [-0.2, -0.15) is 0 Å². The smallest absolute Gasteiger partial charge is 0.306 e. The van der Waals surface area contributed by atoms with Gasteiger partial charge in [0.05, 0.1) is 0 Å². The zero-order valence-corrected chi connectivity index (χ0v) is 55.4. The first-order valence-corrected chi connectivity index (χ1v) is 37.2. The molecule has 0 aliphatic heterocycles. The maximum atomic E-state index is 12.9. The first kappa shape index (κ1) is 79.2. The lowest BCUT2D eigenvalue weighted by molar-refractivity contribution is -0.167. The Kier molecular flexibility index (Phi) is 69.0. The maximum absolute atomic E-state index is 12.9. The van der Waals surface area contributed by atoms with Gasteiger partial charge in [-0.05, 0) is 44.9 Å². The van der Waals surface area contributed by atoms with Crippen LogP contribution in [-0.2, 0) is 28.6 Å². The van der Waals surface area contributed by atoms with Crippen molar-refractivity contribution < 1.29 is 28.6 Å². The van der Waals surface area contributed by atoms with Crippen LogP contribution in [0.1, 0.15) is 432 Å².